The monoisotopic (exact) mass is 432 g/mol. The fourth-order valence-electron chi connectivity index (χ4n) is 4.39. The maximum atomic E-state index is 12.3. The van der Waals surface area contributed by atoms with Crippen LogP contribution in [0.25, 0.3) is 0 Å². The number of hydrogen-bond acceptors (Lipinski definition) is 5. The van der Waals surface area contributed by atoms with Crippen molar-refractivity contribution < 1.29 is 30.0 Å². The highest BCUT2D eigenvalue weighted by Gasteiger charge is 2.39. The van der Waals surface area contributed by atoms with Crippen molar-refractivity contribution >= 4 is 11.8 Å². The Bertz CT molecular complexity index is 756. The zero-order valence-corrected chi connectivity index (χ0v) is 18.4. The summed E-state index contributed by atoms with van der Waals surface area (Å²) in [6.07, 6.45) is 8.23. The summed E-state index contributed by atoms with van der Waals surface area (Å²) < 4.78 is 0. The molecule has 1 aromatic carbocycles. The highest BCUT2D eigenvalue weighted by Crippen LogP contribution is 2.34. The van der Waals surface area contributed by atoms with Crippen LogP contribution in [0.15, 0.2) is 30.4 Å². The second-order valence-electron chi connectivity index (χ2n) is 8.64. The van der Waals surface area contributed by atoms with Gasteiger partial charge in [0.15, 0.2) is 0 Å². The number of carbonyl (C=O) groups excluding carboxylic acids is 1. The second kappa shape index (κ2) is 12.6. The Morgan fingerprint density at radius 2 is 1.97 bits per heavy atom. The SMILES string of the molecule is CCCc1cc(C[C@@H](O)C=C[C@H]2[C@H](O)CC(=O)[C@@H]2CCCCCCC(=O)O)ccc1O. The average Bonchev–Trinajstić information content (AvgIpc) is 2.98. The normalized spacial score (nSPS) is 22.3. The van der Waals surface area contributed by atoms with Crippen LogP contribution in [0.2, 0.25) is 0 Å². The number of rotatable bonds is 13. The molecule has 1 aromatic rings. The fraction of sp³-hybridized carbons (Fsp3) is 0.600. The standard InChI is InChI=1S/C25H36O6/c1-2-7-18-14-17(10-13-22(18)27)15-19(26)11-12-21-20(23(28)16-24(21)29)8-5-3-4-6-9-25(30)31/h10-14,19-21,24,26-27,29H,2-9,15-16H2,1H3,(H,30,31)/t19-,20+,21+,24+/m0/s1. The van der Waals surface area contributed by atoms with Crippen molar-refractivity contribution in [2.24, 2.45) is 11.8 Å². The number of carbonyl (C=O) groups is 2. The zero-order valence-electron chi connectivity index (χ0n) is 18.4. The number of aryl methyl sites for hydroxylation is 1. The van der Waals surface area contributed by atoms with Gasteiger partial charge in [0, 0.05) is 31.1 Å². The molecule has 0 unspecified atom stereocenters. The first-order valence-electron chi connectivity index (χ1n) is 11.4. The van der Waals surface area contributed by atoms with E-state index in [2.05, 4.69) is 0 Å². The number of phenolic OH excluding ortho intramolecular Hbond substituents is 1. The molecule has 0 amide bonds. The van der Waals surface area contributed by atoms with Gasteiger partial charge in [0.25, 0.3) is 0 Å². The summed E-state index contributed by atoms with van der Waals surface area (Å²) in [7, 11) is 0. The first-order valence-corrected chi connectivity index (χ1v) is 11.4. The van der Waals surface area contributed by atoms with E-state index in [1.165, 1.54) is 0 Å². The minimum atomic E-state index is -0.785. The van der Waals surface area contributed by atoms with Gasteiger partial charge in [-0.25, -0.2) is 0 Å². The van der Waals surface area contributed by atoms with Gasteiger partial charge in [-0.3, -0.25) is 9.59 Å². The number of unbranched alkanes of at least 4 members (excludes halogenated alkanes) is 3. The first-order chi connectivity index (χ1) is 14.8. The van der Waals surface area contributed by atoms with Gasteiger partial charge in [0.2, 0.25) is 0 Å². The average molecular weight is 433 g/mol. The summed E-state index contributed by atoms with van der Waals surface area (Å²) in [6.45, 7) is 2.05. The van der Waals surface area contributed by atoms with Gasteiger partial charge >= 0.3 is 5.97 Å². The molecule has 0 saturated heterocycles. The van der Waals surface area contributed by atoms with Crippen molar-refractivity contribution in [2.45, 2.75) is 83.3 Å². The number of hydrogen-bond donors (Lipinski definition) is 4. The van der Waals surface area contributed by atoms with Crippen molar-refractivity contribution in [1.82, 2.24) is 0 Å². The number of aliphatic hydroxyl groups excluding tert-OH is 2. The van der Waals surface area contributed by atoms with Gasteiger partial charge in [-0.2, -0.15) is 0 Å². The van der Waals surface area contributed by atoms with Crippen LogP contribution in [-0.4, -0.2) is 44.4 Å². The quantitative estimate of drug-likeness (QED) is 0.278. The van der Waals surface area contributed by atoms with Crippen LogP contribution < -0.4 is 0 Å². The molecule has 1 aliphatic carbocycles. The lowest BCUT2D eigenvalue weighted by Gasteiger charge is -2.18. The molecular weight excluding hydrogens is 396 g/mol. The third-order valence-electron chi connectivity index (χ3n) is 6.05. The summed E-state index contributed by atoms with van der Waals surface area (Å²) in [4.78, 5) is 22.9. The molecule has 4 N–H and O–H groups in total. The predicted molar refractivity (Wildman–Crippen MR) is 119 cm³/mol. The highest BCUT2D eigenvalue weighted by atomic mass is 16.4. The number of carboxylic acid groups (broad SMARTS) is 1. The van der Waals surface area contributed by atoms with Crippen molar-refractivity contribution in [1.29, 1.82) is 0 Å². The van der Waals surface area contributed by atoms with Gasteiger partial charge in [0.1, 0.15) is 11.5 Å². The molecule has 0 aliphatic heterocycles. The van der Waals surface area contributed by atoms with E-state index < -0.39 is 18.2 Å². The van der Waals surface area contributed by atoms with E-state index in [0.29, 0.717) is 19.3 Å². The molecule has 0 aromatic heterocycles. The van der Waals surface area contributed by atoms with Crippen molar-refractivity contribution in [2.75, 3.05) is 0 Å². The van der Waals surface area contributed by atoms with Crippen LogP contribution >= 0.6 is 0 Å². The number of aliphatic hydroxyl groups is 2. The number of phenols is 1. The van der Waals surface area contributed by atoms with Gasteiger partial charge in [-0.15, -0.1) is 0 Å². The lowest BCUT2D eigenvalue weighted by atomic mass is 9.88. The fourth-order valence-corrected chi connectivity index (χ4v) is 4.39. The molecule has 0 bridgehead atoms. The van der Waals surface area contributed by atoms with Gasteiger partial charge in [0.05, 0.1) is 12.2 Å². The summed E-state index contributed by atoms with van der Waals surface area (Å²) in [6, 6.07) is 5.37. The largest absolute Gasteiger partial charge is 0.508 e. The van der Waals surface area contributed by atoms with Crippen LogP contribution in [0.5, 0.6) is 5.75 Å². The molecule has 2 rings (SSSR count). The Morgan fingerprint density at radius 1 is 1.23 bits per heavy atom. The van der Waals surface area contributed by atoms with E-state index in [9.17, 15) is 24.9 Å². The lowest BCUT2D eigenvalue weighted by Crippen LogP contribution is -2.19. The molecular formula is C25H36O6. The summed E-state index contributed by atoms with van der Waals surface area (Å²) in [5.41, 5.74) is 1.80. The van der Waals surface area contributed by atoms with Crippen LogP contribution in [-0.2, 0) is 22.4 Å². The Balaban J connectivity index is 1.88. The van der Waals surface area contributed by atoms with E-state index in [-0.39, 0.29) is 36.2 Å². The van der Waals surface area contributed by atoms with Gasteiger partial charge in [-0.1, -0.05) is 56.9 Å². The first kappa shape index (κ1) is 25.1. The molecule has 0 spiro atoms. The minimum absolute atomic E-state index is 0.0601. The number of Topliss-reactive ketones (excluding diaryl/α,β-unsaturated/α-hetero) is 1. The number of aromatic hydroxyl groups is 1. The maximum Gasteiger partial charge on any atom is 0.303 e. The van der Waals surface area contributed by atoms with E-state index in [1.807, 2.05) is 13.0 Å². The molecule has 4 atom stereocenters. The van der Waals surface area contributed by atoms with E-state index in [4.69, 9.17) is 5.11 Å². The topological polar surface area (TPSA) is 115 Å². The Hall–Kier alpha value is -2.18. The minimum Gasteiger partial charge on any atom is -0.508 e. The van der Waals surface area contributed by atoms with E-state index in [1.54, 1.807) is 24.3 Å². The highest BCUT2D eigenvalue weighted by molar-refractivity contribution is 5.84. The number of carboxylic acids is 1. The number of aliphatic carboxylic acids is 1. The van der Waals surface area contributed by atoms with Crippen LogP contribution in [0.3, 0.4) is 0 Å². The van der Waals surface area contributed by atoms with E-state index >= 15 is 0 Å². The second-order valence-corrected chi connectivity index (χ2v) is 8.64. The molecule has 31 heavy (non-hydrogen) atoms. The van der Waals surface area contributed by atoms with Crippen molar-refractivity contribution in [3.8, 4) is 5.75 Å². The lowest BCUT2D eigenvalue weighted by molar-refractivity contribution is -0.137. The third kappa shape index (κ3) is 8.11. The van der Waals surface area contributed by atoms with E-state index in [0.717, 1.165) is 43.2 Å². The van der Waals surface area contributed by atoms with Gasteiger partial charge < -0.3 is 20.4 Å². The van der Waals surface area contributed by atoms with Crippen LogP contribution in [0.1, 0.15) is 69.4 Å². The number of ketones is 1. The maximum absolute atomic E-state index is 12.3. The smallest absolute Gasteiger partial charge is 0.303 e. The molecule has 1 aliphatic rings. The van der Waals surface area contributed by atoms with Crippen LogP contribution in [0, 0.1) is 11.8 Å². The Morgan fingerprint density at radius 3 is 2.68 bits per heavy atom. The number of benzene rings is 1. The molecule has 0 radical (unpaired) electrons. The third-order valence-corrected chi connectivity index (χ3v) is 6.05. The Labute approximate surface area is 184 Å². The zero-order chi connectivity index (χ0) is 22.8. The predicted octanol–water partition coefficient (Wildman–Crippen LogP) is 3.80. The molecule has 6 heteroatoms. The molecule has 1 fully saturated rings. The van der Waals surface area contributed by atoms with Crippen molar-refractivity contribution in [3.63, 3.8) is 0 Å². The molecule has 172 valence electrons. The molecule has 1 saturated carbocycles. The summed E-state index contributed by atoms with van der Waals surface area (Å²) in [5, 5.41) is 39.3. The van der Waals surface area contributed by atoms with Crippen LogP contribution in [0.4, 0.5) is 0 Å². The molecule has 0 heterocycles. The summed E-state index contributed by atoms with van der Waals surface area (Å²) >= 11 is 0. The summed E-state index contributed by atoms with van der Waals surface area (Å²) in [5.74, 6) is -0.995. The molecule has 6 nitrogen and oxygen atoms in total. The Kier molecular flexibility index (Phi) is 10.2. The van der Waals surface area contributed by atoms with Gasteiger partial charge in [-0.05, 0) is 36.5 Å². The van der Waals surface area contributed by atoms with Crippen molar-refractivity contribution in [3.05, 3.63) is 41.5 Å².